The molecule has 0 bridgehead atoms. The molecule has 1 aromatic heterocycles. The molecule has 45 heavy (non-hydrogen) atoms. The Morgan fingerprint density at radius 2 is 1.09 bits per heavy atom. The molecular formula is C43H31NS. The molecule has 1 heterocycles. The topological polar surface area (TPSA) is 3.24 Å². The Balaban J connectivity index is 1.27. The first-order valence-corrected chi connectivity index (χ1v) is 16.4. The quantitative estimate of drug-likeness (QED) is 0.196. The molecule has 0 N–H and O–H groups in total. The number of hydrogen-bond acceptors (Lipinski definition) is 2. The Bertz CT molecular complexity index is 2400. The summed E-state index contributed by atoms with van der Waals surface area (Å²) in [5.41, 5.74) is 11.4. The molecule has 9 rings (SSSR count). The first-order chi connectivity index (χ1) is 22.1. The van der Waals surface area contributed by atoms with Crippen LogP contribution < -0.4 is 4.90 Å². The number of fused-ring (bicyclic) bond motifs is 8. The molecule has 0 radical (unpaired) electrons. The van der Waals surface area contributed by atoms with Crippen molar-refractivity contribution >= 4 is 59.3 Å². The highest BCUT2D eigenvalue weighted by atomic mass is 32.1. The summed E-state index contributed by atoms with van der Waals surface area (Å²) >= 11 is 1.86. The normalized spacial score (nSPS) is 13.3. The molecule has 0 unspecified atom stereocenters. The van der Waals surface area contributed by atoms with E-state index in [0.29, 0.717) is 0 Å². The Labute approximate surface area is 267 Å². The summed E-state index contributed by atoms with van der Waals surface area (Å²) in [4.78, 5) is 2.42. The van der Waals surface area contributed by atoms with Gasteiger partial charge in [0.05, 0.1) is 0 Å². The SMILES string of the molecule is CC1(C)c2ccccc2-c2c1ccc1ccc(N(c3ccc(-c4ccccc4)cc3)c3ccc4sc5ccccc5c4c3)cc21. The van der Waals surface area contributed by atoms with Crippen molar-refractivity contribution in [3.8, 4) is 22.3 Å². The molecule has 8 aromatic rings. The molecule has 0 aliphatic heterocycles. The smallest absolute Gasteiger partial charge is 0.0468 e. The van der Waals surface area contributed by atoms with Crippen molar-refractivity contribution in [1.82, 2.24) is 0 Å². The molecule has 0 amide bonds. The first kappa shape index (κ1) is 26.2. The van der Waals surface area contributed by atoms with Gasteiger partial charge in [0.25, 0.3) is 0 Å². The summed E-state index contributed by atoms with van der Waals surface area (Å²) in [5, 5.41) is 5.19. The number of rotatable bonds is 4. The molecule has 0 spiro atoms. The van der Waals surface area contributed by atoms with Gasteiger partial charge in [-0.25, -0.2) is 0 Å². The van der Waals surface area contributed by atoms with Crippen molar-refractivity contribution in [3.63, 3.8) is 0 Å². The van der Waals surface area contributed by atoms with Gasteiger partial charge >= 0.3 is 0 Å². The van der Waals surface area contributed by atoms with E-state index in [9.17, 15) is 0 Å². The van der Waals surface area contributed by atoms with E-state index in [1.807, 2.05) is 11.3 Å². The first-order valence-electron chi connectivity index (χ1n) is 15.6. The number of hydrogen-bond donors (Lipinski definition) is 0. The van der Waals surface area contributed by atoms with Crippen LogP contribution in [0.15, 0.2) is 152 Å². The van der Waals surface area contributed by atoms with Crippen molar-refractivity contribution in [1.29, 1.82) is 0 Å². The van der Waals surface area contributed by atoms with Gasteiger partial charge < -0.3 is 4.90 Å². The zero-order valence-corrected chi connectivity index (χ0v) is 26.1. The highest BCUT2D eigenvalue weighted by Gasteiger charge is 2.36. The summed E-state index contributed by atoms with van der Waals surface area (Å²) < 4.78 is 2.64. The largest absolute Gasteiger partial charge is 0.310 e. The third-order valence-corrected chi connectivity index (χ3v) is 10.8. The van der Waals surface area contributed by atoms with Gasteiger partial charge in [-0.3, -0.25) is 0 Å². The van der Waals surface area contributed by atoms with Gasteiger partial charge in [0.15, 0.2) is 0 Å². The molecule has 7 aromatic carbocycles. The number of anilines is 3. The highest BCUT2D eigenvalue weighted by molar-refractivity contribution is 7.25. The van der Waals surface area contributed by atoms with Crippen molar-refractivity contribution < 1.29 is 0 Å². The number of benzene rings is 7. The minimum Gasteiger partial charge on any atom is -0.310 e. The van der Waals surface area contributed by atoms with Gasteiger partial charge in [-0.15, -0.1) is 11.3 Å². The number of thiophene rings is 1. The van der Waals surface area contributed by atoms with E-state index < -0.39 is 0 Å². The van der Waals surface area contributed by atoms with Gasteiger partial charge in [0.2, 0.25) is 0 Å². The molecule has 0 saturated heterocycles. The summed E-state index contributed by atoms with van der Waals surface area (Å²) in [6, 6.07) is 55.9. The van der Waals surface area contributed by atoms with Crippen LogP contribution in [0.4, 0.5) is 17.1 Å². The van der Waals surface area contributed by atoms with Crippen LogP contribution in [0.3, 0.4) is 0 Å². The van der Waals surface area contributed by atoms with Gasteiger partial charge in [-0.2, -0.15) is 0 Å². The summed E-state index contributed by atoms with van der Waals surface area (Å²) in [7, 11) is 0. The highest BCUT2D eigenvalue weighted by Crippen LogP contribution is 2.52. The second-order valence-corrected chi connectivity index (χ2v) is 13.7. The van der Waals surface area contributed by atoms with E-state index in [4.69, 9.17) is 0 Å². The lowest BCUT2D eigenvalue weighted by Crippen LogP contribution is -2.14. The third-order valence-electron chi connectivity index (χ3n) is 9.66. The van der Waals surface area contributed by atoms with E-state index in [1.54, 1.807) is 0 Å². The van der Waals surface area contributed by atoms with Crippen molar-refractivity contribution in [2.24, 2.45) is 0 Å². The summed E-state index contributed by atoms with van der Waals surface area (Å²) in [6.45, 7) is 4.71. The van der Waals surface area contributed by atoms with Crippen LogP contribution in [-0.2, 0) is 5.41 Å². The fraction of sp³-hybridized carbons (Fsp3) is 0.0698. The molecule has 0 fully saturated rings. The Morgan fingerprint density at radius 3 is 1.93 bits per heavy atom. The summed E-state index contributed by atoms with van der Waals surface area (Å²) in [5.74, 6) is 0. The number of nitrogens with zero attached hydrogens (tertiary/aromatic N) is 1. The van der Waals surface area contributed by atoms with Gasteiger partial charge in [0.1, 0.15) is 0 Å². The second kappa shape index (κ2) is 9.92. The molecule has 214 valence electrons. The Kier molecular flexibility index (Phi) is 5.78. The minimum absolute atomic E-state index is 0.0336. The van der Waals surface area contributed by atoms with Crippen LogP contribution in [0.1, 0.15) is 25.0 Å². The van der Waals surface area contributed by atoms with Crippen molar-refractivity contribution in [2.45, 2.75) is 19.3 Å². The third kappa shape index (κ3) is 4.06. The average Bonchev–Trinajstić information content (AvgIpc) is 3.57. The van der Waals surface area contributed by atoms with E-state index >= 15 is 0 Å². The average molecular weight is 594 g/mol. The van der Waals surface area contributed by atoms with Crippen LogP contribution in [0.2, 0.25) is 0 Å². The molecule has 1 nitrogen and oxygen atoms in total. The zero-order chi connectivity index (χ0) is 30.1. The Morgan fingerprint density at radius 1 is 0.467 bits per heavy atom. The fourth-order valence-corrected chi connectivity index (χ4v) is 8.47. The zero-order valence-electron chi connectivity index (χ0n) is 25.3. The van der Waals surface area contributed by atoms with Crippen molar-refractivity contribution in [3.05, 3.63) is 163 Å². The molecular weight excluding hydrogens is 563 g/mol. The predicted octanol–water partition coefficient (Wildman–Crippen LogP) is 12.7. The lowest BCUT2D eigenvalue weighted by atomic mass is 9.82. The minimum atomic E-state index is -0.0336. The standard InChI is InChI=1S/C43H31NS/c1-43(2)38-14-8-6-13-35(38)42-36-26-32(22-18-30(36)19-24-39(42)43)44(31-20-16-29(17-21-31)28-10-4-3-5-11-28)33-23-25-41-37(27-33)34-12-7-9-15-40(34)45-41/h3-27H,1-2H3. The lowest BCUT2D eigenvalue weighted by molar-refractivity contribution is 0.661. The molecule has 1 aliphatic rings. The second-order valence-electron chi connectivity index (χ2n) is 12.6. The fourth-order valence-electron chi connectivity index (χ4n) is 7.38. The van der Waals surface area contributed by atoms with E-state index in [1.165, 1.54) is 64.3 Å². The van der Waals surface area contributed by atoms with Gasteiger partial charge in [0, 0.05) is 42.6 Å². The van der Waals surface area contributed by atoms with Crippen LogP contribution >= 0.6 is 11.3 Å². The van der Waals surface area contributed by atoms with E-state index in [-0.39, 0.29) is 5.41 Å². The maximum absolute atomic E-state index is 2.42. The van der Waals surface area contributed by atoms with Crippen LogP contribution in [-0.4, -0.2) is 0 Å². The predicted molar refractivity (Wildman–Crippen MR) is 195 cm³/mol. The molecule has 0 atom stereocenters. The maximum atomic E-state index is 2.42. The van der Waals surface area contributed by atoms with Crippen LogP contribution in [0.25, 0.3) is 53.2 Å². The lowest BCUT2D eigenvalue weighted by Gasteiger charge is -2.27. The van der Waals surface area contributed by atoms with E-state index in [2.05, 4.69) is 170 Å². The summed E-state index contributed by atoms with van der Waals surface area (Å²) in [6.07, 6.45) is 0. The van der Waals surface area contributed by atoms with Gasteiger partial charge in [-0.1, -0.05) is 117 Å². The van der Waals surface area contributed by atoms with E-state index in [0.717, 1.165) is 17.1 Å². The van der Waals surface area contributed by atoms with Crippen LogP contribution in [0, 0.1) is 0 Å². The Hall–Kier alpha value is -5.18. The van der Waals surface area contributed by atoms with Crippen LogP contribution in [0.5, 0.6) is 0 Å². The molecule has 2 heteroatoms. The van der Waals surface area contributed by atoms with Gasteiger partial charge in [-0.05, 0) is 92.7 Å². The van der Waals surface area contributed by atoms with Crippen molar-refractivity contribution in [2.75, 3.05) is 4.90 Å². The monoisotopic (exact) mass is 593 g/mol. The molecule has 0 saturated carbocycles. The maximum Gasteiger partial charge on any atom is 0.0468 e. The molecule has 1 aliphatic carbocycles.